The Labute approximate surface area is 158 Å². The van der Waals surface area contributed by atoms with Gasteiger partial charge in [-0.05, 0) is 41.1 Å². The second-order valence-corrected chi connectivity index (χ2v) is 6.81. The van der Waals surface area contributed by atoms with Gasteiger partial charge in [-0.25, -0.2) is 0 Å². The fraction of sp³-hybridized carbons (Fsp3) is 0.158. The lowest BCUT2D eigenvalue weighted by Gasteiger charge is -2.13. The monoisotopic (exact) mass is 391 g/mol. The van der Waals surface area contributed by atoms with E-state index in [1.165, 1.54) is 18.2 Å². The molecule has 0 aliphatic carbocycles. The number of hydrogen-bond acceptors (Lipinski definition) is 3. The van der Waals surface area contributed by atoms with E-state index >= 15 is 0 Å². The number of thioether (sulfide) groups is 1. The van der Waals surface area contributed by atoms with Gasteiger partial charge in [0.25, 0.3) is 5.91 Å². The maximum absolute atomic E-state index is 12.7. The van der Waals surface area contributed by atoms with Crippen LogP contribution in [0.4, 0.5) is 13.2 Å². The van der Waals surface area contributed by atoms with E-state index in [4.69, 9.17) is 0 Å². The molecule has 1 amide bonds. The molecular formula is C19H16F3N3OS. The number of benzene rings is 2. The summed E-state index contributed by atoms with van der Waals surface area (Å²) in [6.07, 6.45) is 3.51. The Morgan fingerprint density at radius 1 is 1.04 bits per heavy atom. The van der Waals surface area contributed by atoms with Gasteiger partial charge in [0.2, 0.25) is 0 Å². The molecule has 27 heavy (non-hydrogen) atoms. The molecule has 0 unspecified atom stereocenters. The lowest BCUT2D eigenvalue weighted by Crippen LogP contribution is -2.24. The fourth-order valence-corrected chi connectivity index (χ4v) is 3.26. The van der Waals surface area contributed by atoms with Crippen molar-refractivity contribution < 1.29 is 18.0 Å². The topological polar surface area (TPSA) is 46.9 Å². The predicted molar refractivity (Wildman–Crippen MR) is 97.3 cm³/mol. The van der Waals surface area contributed by atoms with Crippen molar-refractivity contribution in [1.82, 2.24) is 15.1 Å². The highest BCUT2D eigenvalue weighted by Crippen LogP contribution is 2.38. The van der Waals surface area contributed by atoms with Crippen molar-refractivity contribution in [1.29, 1.82) is 0 Å². The van der Waals surface area contributed by atoms with Crippen LogP contribution in [0.5, 0.6) is 0 Å². The molecule has 0 radical (unpaired) electrons. The molecule has 1 aromatic heterocycles. The summed E-state index contributed by atoms with van der Waals surface area (Å²) < 4.78 is 39.8. The summed E-state index contributed by atoms with van der Waals surface area (Å²) in [5.74, 6) is -0.545. The number of carbonyl (C=O) groups excluding carboxylic acids is 1. The summed E-state index contributed by atoms with van der Waals surface area (Å²) in [4.78, 5) is 12.3. The van der Waals surface area contributed by atoms with Crippen LogP contribution in [-0.4, -0.2) is 21.2 Å². The number of nitrogens with one attached hydrogen (secondary N) is 1. The third kappa shape index (κ3) is 5.37. The average Bonchev–Trinajstić information content (AvgIpc) is 3.13. The van der Waals surface area contributed by atoms with Gasteiger partial charge in [-0.2, -0.15) is 18.3 Å². The van der Waals surface area contributed by atoms with Crippen LogP contribution < -0.4 is 5.32 Å². The van der Waals surface area contributed by atoms with Crippen molar-refractivity contribution in [2.75, 3.05) is 0 Å². The van der Waals surface area contributed by atoms with Gasteiger partial charge in [0, 0.05) is 23.8 Å². The molecular weight excluding hydrogens is 375 g/mol. The van der Waals surface area contributed by atoms with Crippen LogP contribution in [-0.2, 0) is 13.1 Å². The van der Waals surface area contributed by atoms with Crippen molar-refractivity contribution in [3.8, 4) is 0 Å². The quantitative estimate of drug-likeness (QED) is 0.631. The number of carbonyl (C=O) groups is 1. The van der Waals surface area contributed by atoms with Gasteiger partial charge in [0.05, 0.1) is 12.1 Å². The Hall–Kier alpha value is -2.74. The molecule has 0 aliphatic heterocycles. The van der Waals surface area contributed by atoms with Crippen molar-refractivity contribution in [2.24, 2.45) is 0 Å². The van der Waals surface area contributed by atoms with E-state index in [1.807, 2.05) is 36.5 Å². The number of aromatic nitrogens is 2. The molecule has 0 spiro atoms. The number of alkyl halides is 3. The molecule has 0 fully saturated rings. The van der Waals surface area contributed by atoms with Crippen molar-refractivity contribution in [2.45, 2.75) is 23.5 Å². The van der Waals surface area contributed by atoms with Gasteiger partial charge >= 0.3 is 5.51 Å². The van der Waals surface area contributed by atoms with Crippen molar-refractivity contribution in [3.05, 3.63) is 83.7 Å². The zero-order valence-electron chi connectivity index (χ0n) is 14.1. The molecule has 0 aliphatic rings. The Balaban J connectivity index is 1.72. The molecule has 1 N–H and O–H groups in total. The second-order valence-electron chi connectivity index (χ2n) is 5.70. The summed E-state index contributed by atoms with van der Waals surface area (Å²) in [6.45, 7) is 0.751. The SMILES string of the molecule is O=C(NCc1ccccc1Cn1cccn1)c1ccccc1SC(F)(F)F. The van der Waals surface area contributed by atoms with Gasteiger partial charge in [0.1, 0.15) is 0 Å². The summed E-state index contributed by atoms with van der Waals surface area (Å²) in [5, 5.41) is 6.87. The van der Waals surface area contributed by atoms with Crippen molar-refractivity contribution in [3.63, 3.8) is 0 Å². The average molecular weight is 391 g/mol. The highest BCUT2D eigenvalue weighted by Gasteiger charge is 2.31. The van der Waals surface area contributed by atoms with E-state index in [0.717, 1.165) is 11.1 Å². The Kier molecular flexibility index (Phi) is 5.85. The minimum Gasteiger partial charge on any atom is -0.348 e. The van der Waals surface area contributed by atoms with E-state index in [0.29, 0.717) is 6.54 Å². The van der Waals surface area contributed by atoms with Gasteiger partial charge in [-0.1, -0.05) is 36.4 Å². The zero-order valence-corrected chi connectivity index (χ0v) is 14.9. The van der Waals surface area contributed by atoms with E-state index < -0.39 is 11.4 Å². The van der Waals surface area contributed by atoms with Gasteiger partial charge in [-0.15, -0.1) is 0 Å². The Morgan fingerprint density at radius 3 is 2.44 bits per heavy atom. The molecule has 140 valence electrons. The van der Waals surface area contributed by atoms with Crippen LogP contribution in [0.1, 0.15) is 21.5 Å². The van der Waals surface area contributed by atoms with Crippen molar-refractivity contribution >= 4 is 17.7 Å². The highest BCUT2D eigenvalue weighted by molar-refractivity contribution is 8.00. The lowest BCUT2D eigenvalue weighted by molar-refractivity contribution is -0.0328. The smallest absolute Gasteiger partial charge is 0.348 e. The zero-order chi connectivity index (χ0) is 19.3. The number of halogens is 3. The largest absolute Gasteiger partial charge is 0.446 e. The van der Waals surface area contributed by atoms with Crippen LogP contribution in [0.25, 0.3) is 0 Å². The molecule has 0 atom stereocenters. The summed E-state index contributed by atoms with van der Waals surface area (Å²) in [7, 11) is 0. The van der Waals surface area contributed by atoms with E-state index in [9.17, 15) is 18.0 Å². The van der Waals surface area contributed by atoms with E-state index in [2.05, 4.69) is 10.4 Å². The predicted octanol–water partition coefficient (Wildman–Crippen LogP) is 4.47. The maximum atomic E-state index is 12.7. The molecule has 3 aromatic rings. The number of rotatable bonds is 6. The fourth-order valence-electron chi connectivity index (χ4n) is 2.59. The van der Waals surface area contributed by atoms with Gasteiger partial charge in [-0.3, -0.25) is 9.48 Å². The highest BCUT2D eigenvalue weighted by atomic mass is 32.2. The van der Waals surface area contributed by atoms with Gasteiger partial charge < -0.3 is 5.32 Å². The molecule has 0 bridgehead atoms. The molecule has 0 saturated heterocycles. The lowest BCUT2D eigenvalue weighted by atomic mass is 10.1. The minimum atomic E-state index is -4.45. The van der Waals surface area contributed by atoms with Crippen LogP contribution in [0.2, 0.25) is 0 Å². The van der Waals surface area contributed by atoms with Gasteiger partial charge in [0.15, 0.2) is 0 Å². The van der Waals surface area contributed by atoms with Crippen LogP contribution in [0.3, 0.4) is 0 Å². The van der Waals surface area contributed by atoms with Crippen LogP contribution in [0.15, 0.2) is 71.9 Å². The first kappa shape index (κ1) is 19.0. The second kappa shape index (κ2) is 8.30. The first-order valence-corrected chi connectivity index (χ1v) is 8.91. The molecule has 0 saturated carbocycles. The van der Waals surface area contributed by atoms with Crippen LogP contribution in [0, 0.1) is 0 Å². The maximum Gasteiger partial charge on any atom is 0.446 e. The third-order valence-corrected chi connectivity index (χ3v) is 4.61. The summed E-state index contributed by atoms with van der Waals surface area (Å²) in [6, 6.07) is 15.1. The molecule has 2 aromatic carbocycles. The Morgan fingerprint density at radius 2 is 1.74 bits per heavy atom. The molecule has 1 heterocycles. The molecule has 8 heteroatoms. The first-order chi connectivity index (χ1) is 12.9. The normalized spacial score (nSPS) is 11.4. The standard InChI is InChI=1S/C19H16F3N3OS/c20-19(21,22)27-17-9-4-3-8-16(17)18(26)23-12-14-6-1-2-7-15(14)13-25-11-5-10-24-25/h1-11H,12-13H2,(H,23,26). The minimum absolute atomic E-state index is 0.00406. The first-order valence-electron chi connectivity index (χ1n) is 8.09. The number of nitrogens with zero attached hydrogens (tertiary/aromatic N) is 2. The third-order valence-electron chi connectivity index (χ3n) is 3.81. The Bertz CT molecular complexity index is 911. The number of amides is 1. The van der Waals surface area contributed by atoms with E-state index in [1.54, 1.807) is 16.9 Å². The summed E-state index contributed by atoms with van der Waals surface area (Å²) >= 11 is -0.289. The number of hydrogen-bond donors (Lipinski definition) is 1. The van der Waals surface area contributed by atoms with Crippen LogP contribution >= 0.6 is 11.8 Å². The molecule has 4 nitrogen and oxygen atoms in total. The molecule has 3 rings (SSSR count). The van der Waals surface area contributed by atoms with E-state index in [-0.39, 0.29) is 28.8 Å². The summed E-state index contributed by atoms with van der Waals surface area (Å²) in [5.41, 5.74) is -2.60.